The zero-order valence-corrected chi connectivity index (χ0v) is 13.6. The van der Waals surface area contributed by atoms with Crippen molar-refractivity contribution >= 4 is 23.3 Å². The summed E-state index contributed by atoms with van der Waals surface area (Å²) in [6.45, 7) is 0.547. The number of rotatable bonds is 6. The van der Waals surface area contributed by atoms with Crippen molar-refractivity contribution in [1.29, 1.82) is 0 Å². The van der Waals surface area contributed by atoms with Gasteiger partial charge in [-0.15, -0.1) is 0 Å². The second-order valence-corrected chi connectivity index (χ2v) is 6.38. The molecular weight excluding hydrogens is 331 g/mol. The van der Waals surface area contributed by atoms with Gasteiger partial charge < -0.3 is 10.6 Å². The Kier molecular flexibility index (Phi) is 4.56. The number of imide groups is 1. The van der Waals surface area contributed by atoms with E-state index in [1.165, 1.54) is 11.0 Å². The van der Waals surface area contributed by atoms with Crippen molar-refractivity contribution in [3.05, 3.63) is 34.1 Å². The van der Waals surface area contributed by atoms with Crippen molar-refractivity contribution in [2.24, 2.45) is 0 Å². The van der Waals surface area contributed by atoms with Gasteiger partial charge in [0.25, 0.3) is 11.6 Å². The summed E-state index contributed by atoms with van der Waals surface area (Å²) >= 11 is 0. The molecule has 9 heteroatoms. The van der Waals surface area contributed by atoms with Gasteiger partial charge >= 0.3 is 6.03 Å². The van der Waals surface area contributed by atoms with Gasteiger partial charge in [-0.1, -0.05) is 12.8 Å². The molecule has 1 aromatic rings. The number of carbonyl (C=O) groups excluding carboxylic acids is 2. The summed E-state index contributed by atoms with van der Waals surface area (Å²) < 4.78 is 13.1. The molecule has 3 amide bonds. The second-order valence-electron chi connectivity index (χ2n) is 6.38. The molecule has 0 atom stereocenters. The average Bonchev–Trinajstić information content (AvgIpc) is 3.12. The number of hydrogen-bond acceptors (Lipinski definition) is 5. The predicted octanol–water partition coefficient (Wildman–Crippen LogP) is 2.40. The minimum absolute atomic E-state index is 0.178. The fraction of sp³-hybridized carbons (Fsp3) is 0.500. The Morgan fingerprint density at radius 2 is 2.04 bits per heavy atom. The van der Waals surface area contributed by atoms with Crippen molar-refractivity contribution in [3.8, 4) is 0 Å². The van der Waals surface area contributed by atoms with Gasteiger partial charge in [-0.2, -0.15) is 0 Å². The molecule has 1 heterocycles. The lowest BCUT2D eigenvalue weighted by Gasteiger charge is -2.20. The third kappa shape index (κ3) is 3.26. The first-order chi connectivity index (χ1) is 11.9. The highest BCUT2D eigenvalue weighted by Gasteiger charge is 2.51. The molecule has 2 aliphatic rings. The average molecular weight is 350 g/mol. The van der Waals surface area contributed by atoms with E-state index in [2.05, 4.69) is 10.6 Å². The lowest BCUT2D eigenvalue weighted by molar-refractivity contribution is -0.384. The number of anilines is 1. The SMILES string of the molecule is O=C1NC2(CCCC2)C(=O)N1CCCNc1ccc(F)cc1[N+](=O)[O-]. The lowest BCUT2D eigenvalue weighted by Crippen LogP contribution is -2.44. The summed E-state index contributed by atoms with van der Waals surface area (Å²) in [7, 11) is 0. The summed E-state index contributed by atoms with van der Waals surface area (Å²) in [6, 6.07) is 2.91. The molecule has 8 nitrogen and oxygen atoms in total. The molecule has 1 saturated heterocycles. The molecule has 1 spiro atoms. The molecule has 1 saturated carbocycles. The number of nitro groups is 1. The van der Waals surface area contributed by atoms with E-state index in [1.807, 2.05) is 0 Å². The number of carbonyl (C=O) groups is 2. The molecule has 1 aliphatic carbocycles. The first-order valence-corrected chi connectivity index (χ1v) is 8.25. The van der Waals surface area contributed by atoms with Gasteiger partial charge in [-0.25, -0.2) is 9.18 Å². The second kappa shape index (κ2) is 6.66. The maximum Gasteiger partial charge on any atom is 0.325 e. The Bertz CT molecular complexity index is 718. The molecule has 1 aromatic carbocycles. The standard InChI is InChI=1S/C16H19FN4O4/c17-11-4-5-12(13(10-11)21(24)25)18-8-3-9-20-14(22)16(19-15(20)23)6-1-2-7-16/h4-5,10,18H,1-3,6-9H2,(H,19,23). The molecule has 0 aromatic heterocycles. The van der Waals surface area contributed by atoms with Crippen LogP contribution in [0.3, 0.4) is 0 Å². The van der Waals surface area contributed by atoms with E-state index in [-0.39, 0.29) is 29.9 Å². The summed E-state index contributed by atoms with van der Waals surface area (Å²) in [6.07, 6.45) is 3.64. The zero-order chi connectivity index (χ0) is 18.0. The molecular formula is C16H19FN4O4. The molecule has 3 rings (SSSR count). The Morgan fingerprint density at radius 1 is 1.32 bits per heavy atom. The fourth-order valence-corrected chi connectivity index (χ4v) is 3.46. The molecule has 2 N–H and O–H groups in total. The summed E-state index contributed by atoms with van der Waals surface area (Å²) in [5.74, 6) is -0.860. The molecule has 0 radical (unpaired) electrons. The van der Waals surface area contributed by atoms with Crippen LogP contribution in [0.15, 0.2) is 18.2 Å². The topological polar surface area (TPSA) is 105 Å². The van der Waals surface area contributed by atoms with E-state index < -0.39 is 16.3 Å². The first kappa shape index (κ1) is 17.1. The van der Waals surface area contributed by atoms with Crippen LogP contribution in [0.1, 0.15) is 32.1 Å². The molecule has 25 heavy (non-hydrogen) atoms. The highest BCUT2D eigenvalue weighted by atomic mass is 19.1. The van der Waals surface area contributed by atoms with Gasteiger partial charge in [0.15, 0.2) is 0 Å². The van der Waals surface area contributed by atoms with Crippen molar-refractivity contribution < 1.29 is 18.9 Å². The van der Waals surface area contributed by atoms with Crippen LogP contribution in [-0.2, 0) is 4.79 Å². The van der Waals surface area contributed by atoms with Gasteiger partial charge in [0.2, 0.25) is 0 Å². The third-order valence-corrected chi connectivity index (χ3v) is 4.73. The van der Waals surface area contributed by atoms with Gasteiger partial charge in [-0.3, -0.25) is 19.8 Å². The Balaban J connectivity index is 1.55. The summed E-state index contributed by atoms with van der Waals surface area (Å²) in [5.41, 5.74) is -0.865. The number of hydrogen-bond donors (Lipinski definition) is 2. The van der Waals surface area contributed by atoms with E-state index in [0.717, 1.165) is 25.0 Å². The van der Waals surface area contributed by atoms with E-state index in [4.69, 9.17) is 0 Å². The third-order valence-electron chi connectivity index (χ3n) is 4.73. The minimum Gasteiger partial charge on any atom is -0.379 e. The fourth-order valence-electron chi connectivity index (χ4n) is 3.46. The van der Waals surface area contributed by atoms with Gasteiger partial charge in [0, 0.05) is 13.1 Å². The van der Waals surface area contributed by atoms with Gasteiger partial charge in [-0.05, 0) is 31.4 Å². The normalized spacial score (nSPS) is 18.7. The number of urea groups is 1. The van der Waals surface area contributed by atoms with Crippen molar-refractivity contribution in [2.45, 2.75) is 37.6 Å². The Morgan fingerprint density at radius 3 is 2.72 bits per heavy atom. The van der Waals surface area contributed by atoms with Crippen molar-refractivity contribution in [3.63, 3.8) is 0 Å². The quantitative estimate of drug-likeness (QED) is 0.355. The van der Waals surface area contributed by atoms with E-state index in [1.54, 1.807) is 0 Å². The highest BCUT2D eigenvalue weighted by molar-refractivity contribution is 6.07. The van der Waals surface area contributed by atoms with Crippen LogP contribution in [-0.4, -0.2) is 40.4 Å². The largest absolute Gasteiger partial charge is 0.379 e. The maximum absolute atomic E-state index is 13.1. The van der Waals surface area contributed by atoms with E-state index in [9.17, 15) is 24.1 Å². The van der Waals surface area contributed by atoms with Gasteiger partial charge in [0.1, 0.15) is 17.0 Å². The van der Waals surface area contributed by atoms with Crippen LogP contribution in [0.4, 0.5) is 20.6 Å². The smallest absolute Gasteiger partial charge is 0.325 e. The minimum atomic E-state index is -0.722. The van der Waals surface area contributed by atoms with Crippen LogP contribution in [0.2, 0.25) is 0 Å². The van der Waals surface area contributed by atoms with Gasteiger partial charge in [0.05, 0.1) is 11.0 Å². The van der Waals surface area contributed by atoms with E-state index >= 15 is 0 Å². The van der Waals surface area contributed by atoms with Crippen molar-refractivity contribution in [1.82, 2.24) is 10.2 Å². The maximum atomic E-state index is 13.1. The number of nitro benzene ring substituents is 1. The molecule has 0 bridgehead atoms. The zero-order valence-electron chi connectivity index (χ0n) is 13.6. The number of benzene rings is 1. The monoisotopic (exact) mass is 350 g/mol. The molecule has 1 aliphatic heterocycles. The number of nitrogens with one attached hydrogen (secondary N) is 2. The van der Waals surface area contributed by atoms with Crippen LogP contribution in [0, 0.1) is 15.9 Å². The van der Waals surface area contributed by atoms with Crippen LogP contribution in [0.5, 0.6) is 0 Å². The number of nitrogens with zero attached hydrogens (tertiary/aromatic N) is 2. The van der Waals surface area contributed by atoms with Crippen LogP contribution in [0.25, 0.3) is 0 Å². The summed E-state index contributed by atoms with van der Waals surface area (Å²) in [5, 5.41) is 16.6. The molecule has 2 fully saturated rings. The summed E-state index contributed by atoms with van der Waals surface area (Å²) in [4.78, 5) is 36.0. The van der Waals surface area contributed by atoms with Crippen molar-refractivity contribution in [2.75, 3.05) is 18.4 Å². The Labute approximate surface area is 143 Å². The molecule has 0 unspecified atom stereocenters. The number of halogens is 1. The highest BCUT2D eigenvalue weighted by Crippen LogP contribution is 2.35. The predicted molar refractivity (Wildman–Crippen MR) is 87.6 cm³/mol. The number of amides is 3. The lowest BCUT2D eigenvalue weighted by atomic mass is 9.98. The van der Waals surface area contributed by atoms with Crippen LogP contribution >= 0.6 is 0 Å². The first-order valence-electron chi connectivity index (χ1n) is 8.25. The molecule has 134 valence electrons. The Hall–Kier alpha value is -2.71. The van der Waals surface area contributed by atoms with E-state index in [0.29, 0.717) is 25.8 Å². The van der Waals surface area contributed by atoms with Crippen LogP contribution < -0.4 is 10.6 Å².